The van der Waals surface area contributed by atoms with Crippen molar-refractivity contribution in [2.45, 2.75) is 17.7 Å². The highest BCUT2D eigenvalue weighted by Crippen LogP contribution is 2.15. The Morgan fingerprint density at radius 1 is 1.43 bits per heavy atom. The first-order valence-corrected chi connectivity index (χ1v) is 7.52. The zero-order chi connectivity index (χ0) is 15.9. The highest BCUT2D eigenvalue weighted by molar-refractivity contribution is 7.89. The molecule has 0 aromatic heterocycles. The summed E-state index contributed by atoms with van der Waals surface area (Å²) in [7, 11) is -4.00. The van der Waals surface area contributed by atoms with E-state index in [2.05, 4.69) is 16.6 Å². The molecule has 8 heteroatoms. The highest BCUT2D eigenvalue weighted by Gasteiger charge is 2.18. The second kappa shape index (κ2) is 7.73. The van der Waals surface area contributed by atoms with Crippen molar-refractivity contribution < 1.29 is 22.7 Å². The molecule has 1 aromatic rings. The van der Waals surface area contributed by atoms with Crippen molar-refractivity contribution in [2.24, 2.45) is 5.73 Å². The minimum atomic E-state index is -4.00. The molecule has 0 unspecified atom stereocenters. The Bertz CT molecular complexity index is 677. The van der Waals surface area contributed by atoms with E-state index in [0.717, 1.165) is 12.1 Å². The summed E-state index contributed by atoms with van der Waals surface area (Å²) >= 11 is 0. The number of rotatable bonds is 6. The molecule has 4 N–H and O–H groups in total. The lowest BCUT2D eigenvalue weighted by molar-refractivity contribution is -0.118. The molecule has 0 aliphatic rings. The summed E-state index contributed by atoms with van der Waals surface area (Å²) in [6, 6.07) is 3.40. The van der Waals surface area contributed by atoms with Crippen molar-refractivity contribution in [1.82, 2.24) is 4.72 Å². The Hall–Kier alpha value is -1.95. The van der Waals surface area contributed by atoms with Gasteiger partial charge in [-0.1, -0.05) is 11.8 Å². The molecule has 0 heterocycles. The molecule has 0 radical (unpaired) electrons. The maximum Gasteiger partial charge on any atom is 0.243 e. The predicted molar refractivity (Wildman–Crippen MR) is 74.0 cm³/mol. The number of halogens is 1. The summed E-state index contributed by atoms with van der Waals surface area (Å²) in [5.74, 6) is 3.33. The van der Waals surface area contributed by atoms with Crippen LogP contribution in [0.1, 0.15) is 18.4 Å². The minimum absolute atomic E-state index is 0.0171. The molecule has 1 rings (SSSR count). The fourth-order valence-electron chi connectivity index (χ4n) is 1.49. The van der Waals surface area contributed by atoms with E-state index in [9.17, 15) is 17.6 Å². The number of hydrogen-bond donors (Lipinski definition) is 3. The van der Waals surface area contributed by atoms with Crippen molar-refractivity contribution >= 4 is 15.9 Å². The van der Waals surface area contributed by atoms with Gasteiger partial charge in [-0.3, -0.25) is 4.79 Å². The van der Waals surface area contributed by atoms with Gasteiger partial charge in [0.05, 0.1) is 0 Å². The van der Waals surface area contributed by atoms with Crippen LogP contribution in [0.2, 0.25) is 0 Å². The van der Waals surface area contributed by atoms with Crippen LogP contribution in [0.3, 0.4) is 0 Å². The number of amides is 1. The molecule has 0 bridgehead atoms. The van der Waals surface area contributed by atoms with E-state index in [1.54, 1.807) is 0 Å². The van der Waals surface area contributed by atoms with Crippen LogP contribution in [0.5, 0.6) is 0 Å². The number of nitrogens with two attached hydrogens (primary N) is 1. The molecule has 21 heavy (non-hydrogen) atoms. The van der Waals surface area contributed by atoms with Crippen LogP contribution >= 0.6 is 0 Å². The number of aliphatic hydroxyl groups is 1. The molecular formula is C13H15FN2O4S. The van der Waals surface area contributed by atoms with Crippen LogP contribution in [-0.2, 0) is 14.8 Å². The first kappa shape index (κ1) is 17.1. The number of hydrogen-bond acceptors (Lipinski definition) is 4. The summed E-state index contributed by atoms with van der Waals surface area (Å²) < 4.78 is 39.7. The third-order valence-corrected chi connectivity index (χ3v) is 3.92. The quantitative estimate of drug-likeness (QED) is 0.495. The van der Waals surface area contributed by atoms with Crippen molar-refractivity contribution in [3.05, 3.63) is 29.6 Å². The Morgan fingerprint density at radius 3 is 2.71 bits per heavy atom. The molecule has 0 atom stereocenters. The fourth-order valence-corrected chi connectivity index (χ4v) is 2.62. The molecule has 0 spiro atoms. The van der Waals surface area contributed by atoms with Gasteiger partial charge in [0.2, 0.25) is 15.9 Å². The second-order valence-corrected chi connectivity index (χ2v) is 5.81. The first-order chi connectivity index (χ1) is 9.86. The molecule has 1 aromatic carbocycles. The van der Waals surface area contributed by atoms with Crippen LogP contribution in [0, 0.1) is 17.7 Å². The number of nitrogens with one attached hydrogen (secondary N) is 1. The van der Waals surface area contributed by atoms with E-state index in [1.807, 2.05) is 0 Å². The zero-order valence-corrected chi connectivity index (χ0v) is 11.9. The van der Waals surface area contributed by atoms with E-state index >= 15 is 0 Å². The van der Waals surface area contributed by atoms with Gasteiger partial charge in [0, 0.05) is 18.5 Å². The fraction of sp³-hybridized carbons (Fsp3) is 0.308. The molecule has 0 saturated heterocycles. The van der Waals surface area contributed by atoms with Crippen molar-refractivity contribution in [3.8, 4) is 11.8 Å². The lowest BCUT2D eigenvalue weighted by Gasteiger charge is -2.07. The van der Waals surface area contributed by atoms with Gasteiger partial charge in [0.25, 0.3) is 0 Å². The average Bonchev–Trinajstić information content (AvgIpc) is 2.41. The van der Waals surface area contributed by atoms with Gasteiger partial charge in [-0.25, -0.2) is 17.5 Å². The number of carbonyl (C=O) groups is 1. The van der Waals surface area contributed by atoms with Gasteiger partial charge < -0.3 is 10.8 Å². The van der Waals surface area contributed by atoms with E-state index in [-0.39, 0.29) is 31.6 Å². The van der Waals surface area contributed by atoms with Gasteiger partial charge in [-0.15, -0.1) is 0 Å². The number of benzene rings is 1. The lowest BCUT2D eigenvalue weighted by atomic mass is 10.2. The van der Waals surface area contributed by atoms with Crippen LogP contribution in [-0.4, -0.2) is 32.6 Å². The maximum atomic E-state index is 13.8. The Balaban J connectivity index is 2.81. The Morgan fingerprint density at radius 2 is 2.14 bits per heavy atom. The molecule has 0 aliphatic carbocycles. The van der Waals surface area contributed by atoms with Gasteiger partial charge >= 0.3 is 0 Å². The van der Waals surface area contributed by atoms with Crippen molar-refractivity contribution in [1.29, 1.82) is 0 Å². The van der Waals surface area contributed by atoms with E-state index in [4.69, 9.17) is 10.8 Å². The smallest absolute Gasteiger partial charge is 0.243 e. The topological polar surface area (TPSA) is 109 Å². The average molecular weight is 314 g/mol. The van der Waals surface area contributed by atoms with Crippen LogP contribution in [0.15, 0.2) is 23.1 Å². The molecule has 0 aliphatic heterocycles. The van der Waals surface area contributed by atoms with Crippen molar-refractivity contribution in [3.63, 3.8) is 0 Å². The molecule has 114 valence electrons. The lowest BCUT2D eigenvalue weighted by Crippen LogP contribution is -2.26. The van der Waals surface area contributed by atoms with Crippen LogP contribution in [0.25, 0.3) is 0 Å². The summed E-state index contributed by atoms with van der Waals surface area (Å²) in [6.45, 7) is -0.389. The third kappa shape index (κ3) is 5.51. The second-order valence-electron chi connectivity index (χ2n) is 4.07. The normalized spacial score (nSPS) is 10.8. The van der Waals surface area contributed by atoms with E-state index in [0.29, 0.717) is 0 Å². The largest absolute Gasteiger partial charge is 0.384 e. The zero-order valence-electron chi connectivity index (χ0n) is 11.1. The van der Waals surface area contributed by atoms with Gasteiger partial charge in [0.1, 0.15) is 17.3 Å². The molecule has 1 amide bonds. The SMILES string of the molecule is NC(=O)CCCNS(=O)(=O)c1ccc(C#CCO)cc1F. The minimum Gasteiger partial charge on any atom is -0.384 e. The third-order valence-electron chi connectivity index (χ3n) is 2.43. The highest BCUT2D eigenvalue weighted by atomic mass is 32.2. The van der Waals surface area contributed by atoms with Crippen LogP contribution < -0.4 is 10.5 Å². The van der Waals surface area contributed by atoms with Gasteiger partial charge in [-0.2, -0.15) is 0 Å². The molecule has 0 fully saturated rings. The molecule has 0 saturated carbocycles. The van der Waals surface area contributed by atoms with E-state index in [1.165, 1.54) is 6.07 Å². The number of aliphatic hydroxyl groups excluding tert-OH is 1. The monoisotopic (exact) mass is 314 g/mol. The molecular weight excluding hydrogens is 299 g/mol. The van der Waals surface area contributed by atoms with Crippen LogP contribution in [0.4, 0.5) is 4.39 Å². The number of primary amides is 1. The van der Waals surface area contributed by atoms with Gasteiger partial charge in [0.15, 0.2) is 0 Å². The van der Waals surface area contributed by atoms with Gasteiger partial charge in [-0.05, 0) is 24.6 Å². The van der Waals surface area contributed by atoms with Crippen molar-refractivity contribution in [2.75, 3.05) is 13.2 Å². The molecule has 6 nitrogen and oxygen atoms in total. The summed E-state index contributed by atoms with van der Waals surface area (Å²) in [6.07, 6.45) is 0.275. The number of carbonyl (C=O) groups excluding carboxylic acids is 1. The Labute approximate surface area is 122 Å². The van der Waals surface area contributed by atoms with E-state index < -0.39 is 26.6 Å². The Kier molecular flexibility index (Phi) is 6.30. The summed E-state index contributed by atoms with van der Waals surface area (Å²) in [5.41, 5.74) is 5.19. The standard InChI is InChI=1S/C13H15FN2O4S/c14-11-9-10(3-2-8-17)5-6-12(11)21(19,20)16-7-1-4-13(15)18/h5-6,9,16-17H,1,4,7-8H2,(H2,15,18). The summed E-state index contributed by atoms with van der Waals surface area (Å²) in [4.78, 5) is 10.0. The maximum absolute atomic E-state index is 13.8. The summed E-state index contributed by atoms with van der Waals surface area (Å²) in [5, 5.41) is 8.53. The predicted octanol–water partition coefficient (Wildman–Crippen LogP) is -0.287. The first-order valence-electron chi connectivity index (χ1n) is 6.04. The number of sulfonamides is 1.